The van der Waals surface area contributed by atoms with Gasteiger partial charge in [-0.25, -0.2) is 12.4 Å². The molecule has 2 N–H and O–H groups in total. The van der Waals surface area contributed by atoms with Crippen LogP contribution in [0.1, 0.15) is 30.7 Å². The van der Waals surface area contributed by atoms with Gasteiger partial charge in [0.2, 0.25) is 0 Å². The first-order chi connectivity index (χ1) is 11.9. The predicted octanol–water partition coefficient (Wildman–Crippen LogP) is 2.84. The molecule has 2 aromatic heterocycles. The van der Waals surface area contributed by atoms with E-state index in [-0.39, 0.29) is 23.2 Å². The molecule has 0 atom stereocenters. The van der Waals surface area contributed by atoms with E-state index in [4.69, 9.17) is 10.3 Å². The number of aryl methyl sites for hydroxylation is 1. The molecular formula is C17H19ClN4O3S. The third kappa shape index (κ3) is 3.04. The van der Waals surface area contributed by atoms with E-state index < -0.39 is 15.6 Å². The molecule has 138 valence electrons. The van der Waals surface area contributed by atoms with Gasteiger partial charge in [-0.3, -0.25) is 0 Å². The van der Waals surface area contributed by atoms with Crippen LogP contribution in [-0.4, -0.2) is 22.5 Å². The van der Waals surface area contributed by atoms with Crippen LogP contribution in [0, 0.1) is 6.92 Å². The topological polar surface area (TPSA) is 104 Å². The van der Waals surface area contributed by atoms with Crippen molar-refractivity contribution >= 4 is 22.4 Å². The third-order valence-corrected chi connectivity index (χ3v) is 6.28. The Hall–Kier alpha value is -2.16. The van der Waals surface area contributed by atoms with E-state index in [1.807, 2.05) is 6.92 Å². The Kier molecular flexibility index (Phi) is 4.68. The fourth-order valence-corrected chi connectivity index (χ4v) is 4.01. The van der Waals surface area contributed by atoms with E-state index in [2.05, 4.69) is 10.1 Å². The van der Waals surface area contributed by atoms with Crippen molar-refractivity contribution in [1.29, 1.82) is 0 Å². The van der Waals surface area contributed by atoms with Gasteiger partial charge in [-0.15, -0.1) is 12.4 Å². The van der Waals surface area contributed by atoms with E-state index in [0.29, 0.717) is 11.4 Å². The monoisotopic (exact) mass is 394 g/mol. The highest BCUT2D eigenvalue weighted by atomic mass is 35.5. The molecular weight excluding hydrogens is 376 g/mol. The van der Waals surface area contributed by atoms with Crippen molar-refractivity contribution in [2.75, 3.05) is 0 Å². The van der Waals surface area contributed by atoms with Crippen molar-refractivity contribution in [1.82, 2.24) is 14.1 Å². The molecule has 0 amide bonds. The van der Waals surface area contributed by atoms with E-state index in [9.17, 15) is 8.42 Å². The first-order valence-electron chi connectivity index (χ1n) is 8.02. The van der Waals surface area contributed by atoms with Crippen molar-refractivity contribution in [2.24, 2.45) is 5.73 Å². The highest BCUT2D eigenvalue weighted by Crippen LogP contribution is 2.37. The van der Waals surface area contributed by atoms with E-state index in [0.717, 1.165) is 28.8 Å². The lowest BCUT2D eigenvalue weighted by molar-refractivity contribution is 0.229. The number of nitrogens with zero attached hydrogens (tertiary/aromatic N) is 3. The Morgan fingerprint density at radius 3 is 2.50 bits per heavy atom. The molecule has 1 aromatic carbocycles. The zero-order chi connectivity index (χ0) is 17.7. The zero-order valence-corrected chi connectivity index (χ0v) is 15.8. The lowest BCUT2D eigenvalue weighted by Gasteiger charge is -2.34. The number of benzene rings is 1. The van der Waals surface area contributed by atoms with Crippen LogP contribution in [0.5, 0.6) is 0 Å². The molecule has 0 unspecified atom stereocenters. The summed E-state index contributed by atoms with van der Waals surface area (Å²) in [6.45, 7) is 1.91. The van der Waals surface area contributed by atoms with Crippen LogP contribution in [0.2, 0.25) is 0 Å². The standard InChI is InChI=1S/C17H18N4O3S.ClH/c1-12-3-5-14(6-4-12)25(22,23)21-10-7-13(11-21)15-19-16(20-24-15)17(18)8-2-9-17;/h3-7,10-11H,2,8-9,18H2,1H3;1H. The lowest BCUT2D eigenvalue weighted by atomic mass is 9.77. The molecule has 0 aliphatic heterocycles. The van der Waals surface area contributed by atoms with Gasteiger partial charge >= 0.3 is 0 Å². The predicted molar refractivity (Wildman–Crippen MR) is 98.5 cm³/mol. The summed E-state index contributed by atoms with van der Waals surface area (Å²) in [4.78, 5) is 4.57. The number of aromatic nitrogens is 3. The van der Waals surface area contributed by atoms with Crippen molar-refractivity contribution in [3.05, 3.63) is 54.1 Å². The van der Waals surface area contributed by atoms with Crippen molar-refractivity contribution in [3.8, 4) is 11.5 Å². The molecule has 4 rings (SSSR count). The zero-order valence-electron chi connectivity index (χ0n) is 14.1. The maximum Gasteiger partial charge on any atom is 0.267 e. The van der Waals surface area contributed by atoms with Crippen LogP contribution in [-0.2, 0) is 15.6 Å². The first-order valence-corrected chi connectivity index (χ1v) is 9.46. The van der Waals surface area contributed by atoms with E-state index in [1.165, 1.54) is 12.4 Å². The van der Waals surface area contributed by atoms with E-state index >= 15 is 0 Å². The summed E-state index contributed by atoms with van der Waals surface area (Å²) in [5.41, 5.74) is 7.21. The van der Waals surface area contributed by atoms with Crippen molar-refractivity contribution < 1.29 is 12.9 Å². The van der Waals surface area contributed by atoms with Gasteiger partial charge in [-0.05, 0) is 44.4 Å². The normalized spacial score (nSPS) is 15.9. The van der Waals surface area contributed by atoms with Crippen LogP contribution in [0.4, 0.5) is 0 Å². The molecule has 1 saturated carbocycles. The third-order valence-electron chi connectivity index (χ3n) is 4.63. The molecule has 1 fully saturated rings. The SMILES string of the molecule is Cc1ccc(S(=O)(=O)n2ccc(-c3nc(C4(N)CCC4)no3)c2)cc1.Cl. The molecule has 7 nitrogen and oxygen atoms in total. The molecule has 2 heterocycles. The Balaban J connectivity index is 0.00000196. The number of halogens is 1. The summed E-state index contributed by atoms with van der Waals surface area (Å²) in [5, 5.41) is 3.96. The minimum Gasteiger partial charge on any atom is -0.334 e. The summed E-state index contributed by atoms with van der Waals surface area (Å²) >= 11 is 0. The Morgan fingerprint density at radius 1 is 1.19 bits per heavy atom. The number of rotatable bonds is 4. The highest BCUT2D eigenvalue weighted by Gasteiger charge is 2.39. The number of hydrogen-bond acceptors (Lipinski definition) is 6. The molecule has 26 heavy (non-hydrogen) atoms. The molecule has 3 aromatic rings. The average molecular weight is 395 g/mol. The maximum atomic E-state index is 12.7. The van der Waals surface area contributed by atoms with Gasteiger partial charge in [-0.1, -0.05) is 22.9 Å². The molecule has 1 aliphatic carbocycles. The molecule has 0 radical (unpaired) electrons. The van der Waals surface area contributed by atoms with E-state index in [1.54, 1.807) is 30.3 Å². The van der Waals surface area contributed by atoms with Gasteiger partial charge in [-0.2, -0.15) is 4.98 Å². The van der Waals surface area contributed by atoms with Crippen LogP contribution < -0.4 is 5.73 Å². The summed E-state index contributed by atoms with van der Waals surface area (Å²) < 4.78 is 31.8. The Labute approximate surface area is 157 Å². The molecule has 9 heteroatoms. The van der Waals surface area contributed by atoms with Crippen LogP contribution in [0.15, 0.2) is 52.1 Å². The van der Waals surface area contributed by atoms with Gasteiger partial charge in [0.1, 0.15) is 0 Å². The maximum absolute atomic E-state index is 12.7. The molecule has 0 spiro atoms. The molecule has 0 bridgehead atoms. The summed E-state index contributed by atoms with van der Waals surface area (Å²) in [6, 6.07) is 8.34. The summed E-state index contributed by atoms with van der Waals surface area (Å²) in [6.07, 6.45) is 5.64. The van der Waals surface area contributed by atoms with Crippen LogP contribution >= 0.6 is 12.4 Å². The largest absolute Gasteiger partial charge is 0.334 e. The minimum absolute atomic E-state index is 0. The molecule has 1 aliphatic rings. The van der Waals surface area contributed by atoms with Gasteiger partial charge in [0.25, 0.3) is 15.9 Å². The summed E-state index contributed by atoms with van der Waals surface area (Å²) in [7, 11) is -3.66. The Morgan fingerprint density at radius 2 is 1.88 bits per heavy atom. The Bertz CT molecular complexity index is 1020. The van der Waals surface area contributed by atoms with Gasteiger partial charge < -0.3 is 10.3 Å². The minimum atomic E-state index is -3.66. The van der Waals surface area contributed by atoms with Crippen LogP contribution in [0.25, 0.3) is 11.5 Å². The average Bonchev–Trinajstić information content (AvgIpc) is 3.22. The second kappa shape index (κ2) is 6.53. The number of nitrogens with two attached hydrogens (primary N) is 1. The van der Waals surface area contributed by atoms with Crippen LogP contribution in [0.3, 0.4) is 0 Å². The fourth-order valence-electron chi connectivity index (χ4n) is 2.81. The van der Waals surface area contributed by atoms with Crippen molar-refractivity contribution in [2.45, 2.75) is 36.6 Å². The van der Waals surface area contributed by atoms with Gasteiger partial charge in [0.05, 0.1) is 16.0 Å². The second-order valence-corrected chi connectivity index (χ2v) is 8.32. The second-order valence-electron chi connectivity index (χ2n) is 6.48. The number of hydrogen-bond donors (Lipinski definition) is 1. The van der Waals surface area contributed by atoms with Crippen molar-refractivity contribution in [3.63, 3.8) is 0 Å². The summed E-state index contributed by atoms with van der Waals surface area (Å²) in [5.74, 6) is 0.743. The van der Waals surface area contributed by atoms with Gasteiger partial charge in [0.15, 0.2) is 5.82 Å². The van der Waals surface area contributed by atoms with Gasteiger partial charge in [0, 0.05) is 12.4 Å². The lowest BCUT2D eigenvalue weighted by Crippen LogP contribution is -2.44. The smallest absolute Gasteiger partial charge is 0.267 e. The quantitative estimate of drug-likeness (QED) is 0.729. The molecule has 0 saturated heterocycles. The highest BCUT2D eigenvalue weighted by molar-refractivity contribution is 7.90. The first kappa shape index (κ1) is 18.6. The fraction of sp³-hybridized carbons (Fsp3) is 0.294.